The van der Waals surface area contributed by atoms with Gasteiger partial charge in [-0.3, -0.25) is 0 Å². The number of hydrogen-bond donors (Lipinski definition) is 2. The van der Waals surface area contributed by atoms with Crippen LogP contribution in [0.25, 0.3) is 0 Å². The van der Waals surface area contributed by atoms with Crippen molar-refractivity contribution >= 4 is 11.7 Å². The van der Waals surface area contributed by atoms with E-state index in [4.69, 9.17) is 0 Å². The third-order valence-corrected chi connectivity index (χ3v) is 3.69. The van der Waals surface area contributed by atoms with Gasteiger partial charge in [0.2, 0.25) is 0 Å². The predicted octanol–water partition coefficient (Wildman–Crippen LogP) is 2.90. The van der Waals surface area contributed by atoms with E-state index in [1.807, 2.05) is 6.92 Å². The molecule has 0 aliphatic carbocycles. The summed E-state index contributed by atoms with van der Waals surface area (Å²) in [4.78, 5) is 13.9. The molecular weight excluding hydrogens is 259 g/mol. The summed E-state index contributed by atoms with van der Waals surface area (Å²) in [5.41, 5.74) is 0.0949. The fourth-order valence-electron chi connectivity index (χ4n) is 2.67. The lowest BCUT2D eigenvalue weighted by molar-refractivity contribution is 0.0117. The molecule has 1 aliphatic rings. The van der Waals surface area contributed by atoms with Crippen LogP contribution in [0.3, 0.4) is 0 Å². The maximum absolute atomic E-state index is 13.7. The Kier molecular flexibility index (Phi) is 3.99. The molecule has 1 saturated heterocycles. The van der Waals surface area contributed by atoms with Gasteiger partial charge >= 0.3 is 6.03 Å². The summed E-state index contributed by atoms with van der Waals surface area (Å²) in [6, 6.07) is 3.99. The molecule has 1 heterocycles. The molecule has 20 heavy (non-hydrogen) atoms. The highest BCUT2D eigenvalue weighted by Gasteiger charge is 2.38. The van der Waals surface area contributed by atoms with E-state index in [0.717, 1.165) is 18.4 Å². The molecule has 2 N–H and O–H groups in total. The number of urea groups is 1. The first kappa shape index (κ1) is 14.8. The molecule has 5 heteroatoms. The normalized spacial score (nSPS) is 19.2. The number of aryl methyl sites for hydroxylation is 1. The number of anilines is 1. The Morgan fingerprint density at radius 1 is 1.50 bits per heavy atom. The summed E-state index contributed by atoms with van der Waals surface area (Å²) < 4.78 is 13.7. The predicted molar refractivity (Wildman–Crippen MR) is 76.2 cm³/mol. The topological polar surface area (TPSA) is 52.6 Å². The van der Waals surface area contributed by atoms with E-state index in [2.05, 4.69) is 5.32 Å². The van der Waals surface area contributed by atoms with Crippen LogP contribution in [0.4, 0.5) is 14.9 Å². The van der Waals surface area contributed by atoms with Gasteiger partial charge in [0.1, 0.15) is 5.82 Å². The molecule has 1 aromatic carbocycles. The van der Waals surface area contributed by atoms with Crippen LogP contribution >= 0.6 is 0 Å². The second kappa shape index (κ2) is 5.40. The second-order valence-electron chi connectivity index (χ2n) is 5.92. The molecule has 0 bridgehead atoms. The average molecular weight is 280 g/mol. The van der Waals surface area contributed by atoms with Crippen LogP contribution < -0.4 is 5.32 Å². The number of hydrogen-bond acceptors (Lipinski definition) is 2. The fourth-order valence-corrected chi connectivity index (χ4v) is 2.67. The molecule has 0 radical (unpaired) electrons. The van der Waals surface area contributed by atoms with Crippen molar-refractivity contribution in [3.05, 3.63) is 29.6 Å². The van der Waals surface area contributed by atoms with E-state index < -0.39 is 11.4 Å². The molecule has 1 aliphatic heterocycles. The fraction of sp³-hybridized carbons (Fsp3) is 0.533. The number of rotatable bonds is 2. The van der Waals surface area contributed by atoms with Crippen LogP contribution in [0, 0.1) is 12.7 Å². The van der Waals surface area contributed by atoms with Gasteiger partial charge in [0.15, 0.2) is 0 Å². The highest BCUT2D eigenvalue weighted by molar-refractivity contribution is 5.90. The number of amides is 2. The Labute approximate surface area is 118 Å². The minimum atomic E-state index is -0.959. The van der Waals surface area contributed by atoms with Gasteiger partial charge in [0.05, 0.1) is 17.3 Å². The molecule has 0 spiro atoms. The van der Waals surface area contributed by atoms with Crippen LogP contribution in [-0.4, -0.2) is 34.2 Å². The third-order valence-electron chi connectivity index (χ3n) is 3.69. The molecule has 0 aromatic heterocycles. The number of halogens is 1. The zero-order valence-electron chi connectivity index (χ0n) is 12.1. The Bertz CT molecular complexity index is 511. The largest absolute Gasteiger partial charge is 0.388 e. The van der Waals surface area contributed by atoms with Crippen molar-refractivity contribution in [2.75, 3.05) is 11.9 Å². The zero-order chi connectivity index (χ0) is 14.9. The van der Waals surface area contributed by atoms with Gasteiger partial charge in [0, 0.05) is 6.54 Å². The minimum Gasteiger partial charge on any atom is -0.388 e. The van der Waals surface area contributed by atoms with Crippen LogP contribution in [0.2, 0.25) is 0 Å². The van der Waals surface area contributed by atoms with Gasteiger partial charge in [0.25, 0.3) is 0 Å². The van der Waals surface area contributed by atoms with Crippen molar-refractivity contribution in [1.82, 2.24) is 4.90 Å². The van der Waals surface area contributed by atoms with Gasteiger partial charge in [-0.2, -0.15) is 0 Å². The Hall–Kier alpha value is -1.62. The molecule has 4 nitrogen and oxygen atoms in total. The maximum atomic E-state index is 13.7. The highest BCUT2D eigenvalue weighted by atomic mass is 19.1. The Morgan fingerprint density at radius 3 is 2.85 bits per heavy atom. The Balaban J connectivity index is 2.14. The van der Waals surface area contributed by atoms with Crippen LogP contribution in [-0.2, 0) is 0 Å². The number of nitrogens with zero attached hydrogens (tertiary/aromatic N) is 1. The van der Waals surface area contributed by atoms with Crippen LogP contribution in [0.5, 0.6) is 0 Å². The van der Waals surface area contributed by atoms with Gasteiger partial charge in [-0.05, 0) is 51.3 Å². The highest BCUT2D eigenvalue weighted by Crippen LogP contribution is 2.27. The molecule has 110 valence electrons. The first-order chi connectivity index (χ1) is 9.29. The lowest BCUT2D eigenvalue weighted by Crippen LogP contribution is -2.49. The molecule has 2 amide bonds. The van der Waals surface area contributed by atoms with E-state index in [9.17, 15) is 14.3 Å². The Morgan fingerprint density at radius 2 is 2.20 bits per heavy atom. The lowest BCUT2D eigenvalue weighted by atomic mass is 9.97. The molecular formula is C15H21FN2O2. The number of nitrogens with one attached hydrogen (secondary N) is 1. The first-order valence-corrected chi connectivity index (χ1v) is 6.85. The lowest BCUT2D eigenvalue weighted by Gasteiger charge is -2.33. The molecule has 2 rings (SSSR count). The van der Waals surface area contributed by atoms with Gasteiger partial charge in [-0.1, -0.05) is 6.07 Å². The van der Waals surface area contributed by atoms with E-state index in [0.29, 0.717) is 6.54 Å². The van der Waals surface area contributed by atoms with Gasteiger partial charge in [-0.15, -0.1) is 0 Å². The van der Waals surface area contributed by atoms with Crippen molar-refractivity contribution in [3.63, 3.8) is 0 Å². The van der Waals surface area contributed by atoms with Crippen LogP contribution in [0.15, 0.2) is 18.2 Å². The zero-order valence-corrected chi connectivity index (χ0v) is 12.1. The monoisotopic (exact) mass is 280 g/mol. The van der Waals surface area contributed by atoms with Gasteiger partial charge < -0.3 is 15.3 Å². The van der Waals surface area contributed by atoms with E-state index >= 15 is 0 Å². The first-order valence-electron chi connectivity index (χ1n) is 6.85. The summed E-state index contributed by atoms with van der Waals surface area (Å²) in [5.74, 6) is -0.456. The third kappa shape index (κ3) is 3.10. The average Bonchev–Trinajstić information content (AvgIpc) is 2.82. The van der Waals surface area contributed by atoms with E-state index in [1.54, 1.807) is 30.9 Å². The SMILES string of the molecule is Cc1ccc(F)c(NC(=O)N2CCCC2C(C)(C)O)c1. The minimum absolute atomic E-state index is 0.177. The standard InChI is InChI=1S/C15H21FN2O2/c1-10-6-7-11(16)12(9-10)17-14(19)18-8-4-5-13(18)15(2,3)20/h6-7,9,13,20H,4-5,8H2,1-3H3,(H,17,19). The molecule has 0 saturated carbocycles. The maximum Gasteiger partial charge on any atom is 0.322 e. The van der Waals surface area contributed by atoms with Crippen molar-refractivity contribution in [3.8, 4) is 0 Å². The molecule has 1 unspecified atom stereocenters. The van der Waals surface area contributed by atoms with Gasteiger partial charge in [-0.25, -0.2) is 9.18 Å². The molecule has 1 aromatic rings. The molecule has 1 fully saturated rings. The summed E-state index contributed by atoms with van der Waals surface area (Å²) >= 11 is 0. The number of benzene rings is 1. The van der Waals surface area contributed by atoms with Crippen LogP contribution in [0.1, 0.15) is 32.3 Å². The van der Waals surface area contributed by atoms with Crippen molar-refractivity contribution < 1.29 is 14.3 Å². The quantitative estimate of drug-likeness (QED) is 0.875. The van der Waals surface area contributed by atoms with E-state index in [1.165, 1.54) is 6.07 Å². The van der Waals surface area contributed by atoms with Crippen molar-refractivity contribution in [2.45, 2.75) is 45.3 Å². The second-order valence-corrected chi connectivity index (χ2v) is 5.92. The molecule has 1 atom stereocenters. The summed E-state index contributed by atoms with van der Waals surface area (Å²) in [5, 5.41) is 12.7. The summed E-state index contributed by atoms with van der Waals surface area (Å²) in [7, 11) is 0. The summed E-state index contributed by atoms with van der Waals surface area (Å²) in [6.45, 7) is 5.80. The van der Waals surface area contributed by atoms with E-state index in [-0.39, 0.29) is 17.8 Å². The van der Waals surface area contributed by atoms with Crippen molar-refractivity contribution in [1.29, 1.82) is 0 Å². The smallest absolute Gasteiger partial charge is 0.322 e. The number of carbonyl (C=O) groups excluding carboxylic acids is 1. The number of likely N-dealkylation sites (tertiary alicyclic amines) is 1. The van der Waals surface area contributed by atoms with Crippen molar-refractivity contribution in [2.24, 2.45) is 0 Å². The summed E-state index contributed by atoms with van der Waals surface area (Å²) in [6.07, 6.45) is 1.60. The number of aliphatic hydroxyl groups is 1. The number of carbonyl (C=O) groups is 1.